The normalized spacial score (nSPS) is 22.9. The number of piperazine rings is 1. The first-order chi connectivity index (χ1) is 9.11. The van der Waals surface area contributed by atoms with Gasteiger partial charge in [-0.15, -0.1) is 0 Å². The van der Waals surface area contributed by atoms with E-state index in [0.717, 1.165) is 0 Å². The second-order valence-corrected chi connectivity index (χ2v) is 4.65. The van der Waals surface area contributed by atoms with Gasteiger partial charge in [-0.05, 0) is 0 Å². The van der Waals surface area contributed by atoms with E-state index < -0.39 is 6.04 Å². The zero-order chi connectivity index (χ0) is 13.8. The molecule has 7 nitrogen and oxygen atoms in total. The number of carbonyl (C=O) groups is 2. The highest BCUT2D eigenvalue weighted by Crippen LogP contribution is 2.14. The first kappa shape index (κ1) is 13.7. The Balaban J connectivity index is 2.12. The third-order valence-corrected chi connectivity index (χ3v) is 3.09. The molecule has 0 spiro atoms. The van der Waals surface area contributed by atoms with Gasteiger partial charge in [0.2, 0.25) is 11.7 Å². The smallest absolute Gasteiger partial charge is 0.292 e. The monoisotopic (exact) mass is 269 g/mol. The highest BCUT2D eigenvalue weighted by molar-refractivity contribution is 5.95. The van der Waals surface area contributed by atoms with Crippen molar-refractivity contribution in [3.63, 3.8) is 0 Å². The van der Waals surface area contributed by atoms with Crippen LogP contribution in [0, 0.1) is 0 Å². The molecule has 1 saturated heterocycles. The predicted octanol–water partition coefficient (Wildman–Crippen LogP) is -1.24. The van der Waals surface area contributed by atoms with Crippen molar-refractivity contribution < 1.29 is 19.1 Å². The van der Waals surface area contributed by atoms with Crippen molar-refractivity contribution in [2.45, 2.75) is 6.04 Å². The number of nitrogens with zero attached hydrogens (tertiary/aromatic N) is 2. The highest BCUT2D eigenvalue weighted by atomic mass is 16.6. The van der Waals surface area contributed by atoms with Crippen molar-refractivity contribution in [2.24, 2.45) is 0 Å². The fourth-order valence-corrected chi connectivity index (χ4v) is 2.09. The largest absolute Gasteiger partial charge is 0.494 e. The standard InChI is InChI=1S/C12H19N3O4/c1-14(2)11(16)9-7-13-3-4-15(9)12(17)10-8-18-5-6-19-10/h8-9,13H,3-7H2,1-2H3. The number of rotatable bonds is 2. The number of ether oxygens (including phenoxy) is 2. The molecule has 2 aliphatic rings. The molecule has 19 heavy (non-hydrogen) atoms. The van der Waals surface area contributed by atoms with E-state index in [-0.39, 0.29) is 17.6 Å². The molecule has 0 bridgehead atoms. The maximum atomic E-state index is 12.3. The number of amides is 2. The molecule has 0 aromatic heterocycles. The van der Waals surface area contributed by atoms with Crippen LogP contribution in [0.1, 0.15) is 0 Å². The molecule has 0 aliphatic carbocycles. The zero-order valence-corrected chi connectivity index (χ0v) is 11.2. The van der Waals surface area contributed by atoms with Crippen LogP contribution in [0.15, 0.2) is 12.0 Å². The molecule has 2 rings (SSSR count). The summed E-state index contributed by atoms with van der Waals surface area (Å²) in [4.78, 5) is 27.5. The lowest BCUT2D eigenvalue weighted by molar-refractivity contribution is -0.145. The Bertz CT molecular complexity index is 394. The Kier molecular flexibility index (Phi) is 4.26. The van der Waals surface area contributed by atoms with E-state index in [1.807, 2.05) is 0 Å². The number of likely N-dealkylation sites (N-methyl/N-ethyl adjacent to an activating group) is 1. The van der Waals surface area contributed by atoms with Crippen molar-refractivity contribution in [1.29, 1.82) is 0 Å². The van der Waals surface area contributed by atoms with Gasteiger partial charge in [-0.25, -0.2) is 0 Å². The molecule has 1 N–H and O–H groups in total. The topological polar surface area (TPSA) is 71.1 Å². The molecular formula is C12H19N3O4. The summed E-state index contributed by atoms with van der Waals surface area (Å²) < 4.78 is 10.4. The average molecular weight is 269 g/mol. The van der Waals surface area contributed by atoms with E-state index in [9.17, 15) is 9.59 Å². The van der Waals surface area contributed by atoms with Crippen LogP contribution >= 0.6 is 0 Å². The summed E-state index contributed by atoms with van der Waals surface area (Å²) in [6.07, 6.45) is 1.32. The molecule has 7 heteroatoms. The minimum Gasteiger partial charge on any atom is -0.494 e. The van der Waals surface area contributed by atoms with Crippen LogP contribution in [0.2, 0.25) is 0 Å². The third-order valence-electron chi connectivity index (χ3n) is 3.09. The van der Waals surface area contributed by atoms with E-state index in [1.54, 1.807) is 19.0 Å². The van der Waals surface area contributed by atoms with Crippen LogP contribution in [0.3, 0.4) is 0 Å². The number of carbonyl (C=O) groups excluding carboxylic acids is 2. The van der Waals surface area contributed by atoms with Gasteiger partial charge >= 0.3 is 0 Å². The highest BCUT2D eigenvalue weighted by Gasteiger charge is 2.35. The third kappa shape index (κ3) is 2.98. The van der Waals surface area contributed by atoms with Crippen LogP contribution in [0.25, 0.3) is 0 Å². The minimum absolute atomic E-state index is 0.0992. The van der Waals surface area contributed by atoms with Crippen LogP contribution in [-0.2, 0) is 19.1 Å². The van der Waals surface area contributed by atoms with Crippen molar-refractivity contribution in [3.8, 4) is 0 Å². The van der Waals surface area contributed by atoms with Crippen LogP contribution in [0.4, 0.5) is 0 Å². The van der Waals surface area contributed by atoms with Gasteiger partial charge in [0.1, 0.15) is 25.5 Å². The number of nitrogens with one attached hydrogen (secondary N) is 1. The SMILES string of the molecule is CN(C)C(=O)C1CNCCN1C(=O)C1=COCCO1. The summed E-state index contributed by atoms with van der Waals surface area (Å²) in [5, 5.41) is 3.13. The second-order valence-electron chi connectivity index (χ2n) is 4.65. The molecule has 0 saturated carbocycles. The second kappa shape index (κ2) is 5.92. The van der Waals surface area contributed by atoms with Gasteiger partial charge in [0, 0.05) is 33.7 Å². The number of hydrogen-bond donors (Lipinski definition) is 1. The van der Waals surface area contributed by atoms with Crippen molar-refractivity contribution in [2.75, 3.05) is 46.9 Å². The quantitative estimate of drug-likeness (QED) is 0.679. The molecule has 2 aliphatic heterocycles. The fourth-order valence-electron chi connectivity index (χ4n) is 2.09. The Morgan fingerprint density at radius 3 is 2.84 bits per heavy atom. The Hall–Kier alpha value is -1.76. The molecule has 2 amide bonds. The van der Waals surface area contributed by atoms with E-state index in [4.69, 9.17) is 9.47 Å². The van der Waals surface area contributed by atoms with E-state index in [0.29, 0.717) is 32.8 Å². The van der Waals surface area contributed by atoms with Crippen molar-refractivity contribution in [3.05, 3.63) is 12.0 Å². The van der Waals surface area contributed by atoms with E-state index >= 15 is 0 Å². The molecule has 0 radical (unpaired) electrons. The molecular weight excluding hydrogens is 250 g/mol. The van der Waals surface area contributed by atoms with Gasteiger partial charge < -0.3 is 24.6 Å². The van der Waals surface area contributed by atoms with Gasteiger partial charge in [0.15, 0.2) is 0 Å². The fraction of sp³-hybridized carbons (Fsp3) is 0.667. The summed E-state index contributed by atoms with van der Waals surface area (Å²) in [5.41, 5.74) is 0. The summed E-state index contributed by atoms with van der Waals surface area (Å²) in [6.45, 7) is 2.39. The van der Waals surface area contributed by atoms with E-state index in [1.165, 1.54) is 11.2 Å². The van der Waals surface area contributed by atoms with Crippen LogP contribution in [-0.4, -0.2) is 74.6 Å². The van der Waals surface area contributed by atoms with Crippen LogP contribution in [0.5, 0.6) is 0 Å². The lowest BCUT2D eigenvalue weighted by atomic mass is 10.1. The molecule has 106 valence electrons. The van der Waals surface area contributed by atoms with Crippen molar-refractivity contribution in [1.82, 2.24) is 15.1 Å². The summed E-state index contributed by atoms with van der Waals surface area (Å²) >= 11 is 0. The lowest BCUT2D eigenvalue weighted by Crippen LogP contribution is -2.59. The Labute approximate surface area is 112 Å². The molecule has 0 aromatic rings. The molecule has 0 aromatic carbocycles. The Morgan fingerprint density at radius 2 is 2.21 bits per heavy atom. The average Bonchev–Trinajstić information content (AvgIpc) is 2.46. The van der Waals surface area contributed by atoms with Gasteiger partial charge in [-0.3, -0.25) is 9.59 Å². The van der Waals surface area contributed by atoms with Gasteiger partial charge in [-0.2, -0.15) is 0 Å². The predicted molar refractivity (Wildman–Crippen MR) is 67.1 cm³/mol. The molecule has 1 atom stereocenters. The molecule has 1 unspecified atom stereocenters. The number of hydrogen-bond acceptors (Lipinski definition) is 5. The minimum atomic E-state index is -0.498. The van der Waals surface area contributed by atoms with Gasteiger partial charge in [0.25, 0.3) is 5.91 Å². The van der Waals surface area contributed by atoms with Gasteiger partial charge in [0.05, 0.1) is 0 Å². The van der Waals surface area contributed by atoms with Crippen molar-refractivity contribution >= 4 is 11.8 Å². The first-order valence-corrected chi connectivity index (χ1v) is 6.28. The van der Waals surface area contributed by atoms with Gasteiger partial charge in [-0.1, -0.05) is 0 Å². The summed E-state index contributed by atoms with van der Waals surface area (Å²) in [5.74, 6) is -0.219. The molecule has 1 fully saturated rings. The maximum Gasteiger partial charge on any atom is 0.292 e. The molecule has 2 heterocycles. The zero-order valence-electron chi connectivity index (χ0n) is 11.2. The first-order valence-electron chi connectivity index (χ1n) is 6.28. The lowest BCUT2D eigenvalue weighted by Gasteiger charge is -2.36. The summed E-state index contributed by atoms with van der Waals surface area (Å²) in [7, 11) is 3.36. The maximum absolute atomic E-state index is 12.3. The summed E-state index contributed by atoms with van der Waals surface area (Å²) in [6, 6.07) is -0.498. The van der Waals surface area contributed by atoms with Crippen LogP contribution < -0.4 is 5.32 Å². The van der Waals surface area contributed by atoms with E-state index in [2.05, 4.69) is 5.32 Å². The Morgan fingerprint density at radius 1 is 1.42 bits per heavy atom.